The van der Waals surface area contributed by atoms with Crippen LogP contribution in [0.3, 0.4) is 0 Å². The van der Waals surface area contributed by atoms with Gasteiger partial charge in [-0.3, -0.25) is 15.0 Å². The number of imidazole rings is 1. The summed E-state index contributed by atoms with van der Waals surface area (Å²) in [6.45, 7) is 3.62. The third-order valence-corrected chi connectivity index (χ3v) is 5.82. The summed E-state index contributed by atoms with van der Waals surface area (Å²) in [6.07, 6.45) is 0.648. The molecule has 1 unspecified atom stereocenters. The van der Waals surface area contributed by atoms with E-state index in [1.807, 2.05) is 0 Å². The Bertz CT molecular complexity index is 1490. The minimum absolute atomic E-state index is 0. The van der Waals surface area contributed by atoms with Gasteiger partial charge in [0, 0.05) is 22.3 Å². The number of aromatic nitrogens is 2. The van der Waals surface area contributed by atoms with E-state index in [-0.39, 0.29) is 35.2 Å². The van der Waals surface area contributed by atoms with E-state index in [0.29, 0.717) is 22.2 Å². The normalized spacial score (nSPS) is 16.5. The van der Waals surface area contributed by atoms with Gasteiger partial charge >= 0.3 is 6.09 Å². The standard InChI is InChI=1S/C25H19FN4O4.ClH/c1-3-14-7-6-10-20(21(14)26)30-22(31)16-8-4-5-9-17(16)25(30,33)15-11-12-18-19(13-15)28-23(27-18)29-24(32)34-2;/h3-13,33H,1H2,2H3,(H2,27,28,29,32);1H. The highest BCUT2D eigenvalue weighted by Crippen LogP contribution is 2.46. The van der Waals surface area contributed by atoms with Crippen LogP contribution in [-0.4, -0.2) is 34.2 Å². The Hall–Kier alpha value is -4.21. The number of fused-ring (bicyclic) bond motifs is 2. The molecule has 1 aliphatic rings. The third kappa shape index (κ3) is 3.61. The van der Waals surface area contributed by atoms with Gasteiger partial charge in [0.25, 0.3) is 5.91 Å². The van der Waals surface area contributed by atoms with Crippen LogP contribution in [0.2, 0.25) is 0 Å². The van der Waals surface area contributed by atoms with Crippen LogP contribution < -0.4 is 10.2 Å². The van der Waals surface area contributed by atoms with Gasteiger partial charge < -0.3 is 14.8 Å². The molecule has 0 saturated carbocycles. The van der Waals surface area contributed by atoms with Crippen molar-refractivity contribution in [2.75, 3.05) is 17.3 Å². The monoisotopic (exact) mass is 494 g/mol. The lowest BCUT2D eigenvalue weighted by Crippen LogP contribution is -2.45. The van der Waals surface area contributed by atoms with E-state index < -0.39 is 23.5 Å². The molecule has 178 valence electrons. The van der Waals surface area contributed by atoms with Gasteiger partial charge in [-0.1, -0.05) is 49.1 Å². The number of amides is 2. The molecule has 3 N–H and O–H groups in total. The first-order valence-electron chi connectivity index (χ1n) is 10.3. The van der Waals surface area contributed by atoms with Crippen LogP contribution in [0.15, 0.2) is 67.2 Å². The predicted octanol–water partition coefficient (Wildman–Crippen LogP) is 4.80. The zero-order chi connectivity index (χ0) is 24.0. The Morgan fingerprint density at radius 2 is 2.00 bits per heavy atom. The van der Waals surface area contributed by atoms with E-state index in [4.69, 9.17) is 0 Å². The van der Waals surface area contributed by atoms with Gasteiger partial charge in [0.05, 0.1) is 23.8 Å². The Labute approximate surface area is 205 Å². The van der Waals surface area contributed by atoms with Gasteiger partial charge in [-0.25, -0.2) is 14.2 Å². The van der Waals surface area contributed by atoms with Crippen LogP contribution in [0.1, 0.15) is 27.0 Å². The molecule has 1 aromatic heterocycles. The van der Waals surface area contributed by atoms with Crippen molar-refractivity contribution in [1.82, 2.24) is 9.97 Å². The highest BCUT2D eigenvalue weighted by molar-refractivity contribution is 6.12. The fourth-order valence-corrected chi connectivity index (χ4v) is 4.23. The molecule has 2 amide bonds. The van der Waals surface area contributed by atoms with Crippen molar-refractivity contribution < 1.29 is 23.8 Å². The van der Waals surface area contributed by atoms with Crippen LogP contribution >= 0.6 is 12.4 Å². The number of nitrogens with one attached hydrogen (secondary N) is 2. The maximum absolute atomic E-state index is 15.3. The van der Waals surface area contributed by atoms with Crippen molar-refractivity contribution in [3.63, 3.8) is 0 Å². The van der Waals surface area contributed by atoms with E-state index in [2.05, 4.69) is 26.6 Å². The lowest BCUT2D eigenvalue weighted by molar-refractivity contribution is 0.0699. The van der Waals surface area contributed by atoms with Crippen molar-refractivity contribution in [3.8, 4) is 0 Å². The summed E-state index contributed by atoms with van der Waals surface area (Å²) in [6, 6.07) is 16.0. The second-order valence-electron chi connectivity index (χ2n) is 7.68. The summed E-state index contributed by atoms with van der Waals surface area (Å²) in [5, 5.41) is 14.6. The number of rotatable bonds is 4. The molecule has 0 saturated heterocycles. The van der Waals surface area contributed by atoms with Crippen LogP contribution in [0.5, 0.6) is 0 Å². The van der Waals surface area contributed by atoms with E-state index in [9.17, 15) is 14.7 Å². The lowest BCUT2D eigenvalue weighted by Gasteiger charge is -2.35. The van der Waals surface area contributed by atoms with E-state index in [1.165, 1.54) is 25.3 Å². The van der Waals surface area contributed by atoms with Crippen LogP contribution in [-0.2, 0) is 10.5 Å². The zero-order valence-electron chi connectivity index (χ0n) is 18.4. The summed E-state index contributed by atoms with van der Waals surface area (Å²) in [4.78, 5) is 33.2. The van der Waals surface area contributed by atoms with E-state index >= 15 is 4.39 Å². The number of nitrogens with zero attached hydrogens (tertiary/aromatic N) is 2. The highest BCUT2D eigenvalue weighted by Gasteiger charge is 2.51. The Kier molecular flexibility index (Phi) is 6.06. The number of aromatic amines is 1. The molecule has 0 fully saturated rings. The summed E-state index contributed by atoms with van der Waals surface area (Å²) in [7, 11) is 1.23. The Morgan fingerprint density at radius 3 is 2.74 bits per heavy atom. The number of H-pyrrole nitrogens is 1. The van der Waals surface area contributed by atoms with Gasteiger partial charge in [-0.2, -0.15) is 0 Å². The number of carbonyl (C=O) groups is 2. The summed E-state index contributed by atoms with van der Waals surface area (Å²) < 4.78 is 19.9. The lowest BCUT2D eigenvalue weighted by atomic mass is 9.93. The number of halogens is 2. The smallest absolute Gasteiger partial charge is 0.413 e. The molecule has 0 bridgehead atoms. The fraction of sp³-hybridized carbons (Fsp3) is 0.0800. The van der Waals surface area contributed by atoms with Crippen LogP contribution in [0.25, 0.3) is 17.1 Å². The Balaban J connectivity index is 0.00000289. The van der Waals surface area contributed by atoms with Crippen molar-refractivity contribution in [2.45, 2.75) is 5.72 Å². The molecule has 1 atom stereocenters. The summed E-state index contributed by atoms with van der Waals surface area (Å²) in [5.74, 6) is -1.07. The highest BCUT2D eigenvalue weighted by atomic mass is 35.5. The number of ether oxygens (including phenoxy) is 1. The molecule has 1 aliphatic heterocycles. The van der Waals surface area contributed by atoms with Gasteiger partial charge in [0.15, 0.2) is 11.5 Å². The average molecular weight is 495 g/mol. The molecular formula is C25H20ClFN4O4. The van der Waals surface area contributed by atoms with Gasteiger partial charge in [-0.15, -0.1) is 12.4 Å². The summed E-state index contributed by atoms with van der Waals surface area (Å²) in [5.41, 5.74) is -0.0395. The Morgan fingerprint density at radius 1 is 1.23 bits per heavy atom. The number of carbonyl (C=O) groups excluding carboxylic acids is 2. The third-order valence-electron chi connectivity index (χ3n) is 5.82. The largest absolute Gasteiger partial charge is 0.453 e. The van der Waals surface area contributed by atoms with Gasteiger partial charge in [-0.05, 0) is 24.3 Å². The second-order valence-corrected chi connectivity index (χ2v) is 7.68. The van der Waals surface area contributed by atoms with E-state index in [1.54, 1.807) is 48.5 Å². The number of benzene rings is 3. The van der Waals surface area contributed by atoms with Crippen molar-refractivity contribution in [1.29, 1.82) is 0 Å². The molecule has 0 aliphatic carbocycles. The first-order chi connectivity index (χ1) is 16.4. The molecule has 5 rings (SSSR count). The molecule has 4 aromatic rings. The number of anilines is 2. The van der Waals surface area contributed by atoms with Gasteiger partial charge in [0.2, 0.25) is 5.95 Å². The number of hydrogen-bond donors (Lipinski definition) is 3. The molecule has 0 spiro atoms. The minimum atomic E-state index is -2.01. The van der Waals surface area contributed by atoms with Crippen molar-refractivity contribution in [2.24, 2.45) is 0 Å². The number of hydrogen-bond acceptors (Lipinski definition) is 5. The minimum Gasteiger partial charge on any atom is -0.453 e. The molecular weight excluding hydrogens is 475 g/mol. The maximum Gasteiger partial charge on any atom is 0.413 e. The van der Waals surface area contributed by atoms with Crippen molar-refractivity contribution >= 4 is 53.2 Å². The van der Waals surface area contributed by atoms with Crippen LogP contribution in [0, 0.1) is 5.82 Å². The first kappa shape index (κ1) is 23.9. The van der Waals surface area contributed by atoms with Crippen molar-refractivity contribution in [3.05, 3.63) is 95.3 Å². The van der Waals surface area contributed by atoms with Crippen LogP contribution in [0.4, 0.5) is 20.8 Å². The molecule has 10 heteroatoms. The zero-order valence-corrected chi connectivity index (χ0v) is 19.2. The second kappa shape index (κ2) is 8.86. The number of methoxy groups -OCH3 is 1. The average Bonchev–Trinajstić information content (AvgIpc) is 3.35. The molecule has 0 radical (unpaired) electrons. The fourth-order valence-electron chi connectivity index (χ4n) is 4.23. The maximum atomic E-state index is 15.3. The first-order valence-corrected chi connectivity index (χ1v) is 10.3. The van der Waals surface area contributed by atoms with E-state index in [0.717, 1.165) is 4.90 Å². The topological polar surface area (TPSA) is 108 Å². The SMILES string of the molecule is C=Cc1cccc(N2C(=O)c3ccccc3C2(O)c2ccc3nc(NC(=O)OC)[nH]c3c2)c1F.Cl. The quantitative estimate of drug-likeness (QED) is 0.378. The number of aliphatic hydroxyl groups is 1. The summed E-state index contributed by atoms with van der Waals surface area (Å²) >= 11 is 0. The predicted molar refractivity (Wildman–Crippen MR) is 132 cm³/mol. The molecule has 35 heavy (non-hydrogen) atoms. The molecule has 3 aromatic carbocycles. The molecule has 8 nitrogen and oxygen atoms in total. The molecule has 2 heterocycles. The van der Waals surface area contributed by atoms with Gasteiger partial charge in [0.1, 0.15) is 0 Å².